The van der Waals surface area contributed by atoms with Crippen molar-refractivity contribution in [1.29, 1.82) is 0 Å². The van der Waals surface area contributed by atoms with Crippen molar-refractivity contribution in [3.05, 3.63) is 11.6 Å². The monoisotopic (exact) mass is 223 g/mol. The third kappa shape index (κ3) is 1.74. The van der Waals surface area contributed by atoms with Crippen LogP contribution in [-0.4, -0.2) is 32.6 Å². The van der Waals surface area contributed by atoms with E-state index in [0.717, 1.165) is 56.8 Å². The number of fused-ring (bicyclic) bond motifs is 1. The normalized spacial score (nSPS) is 29.3. The zero-order valence-electron chi connectivity index (χ0n) is 9.30. The Labute approximate surface area is 94.4 Å². The summed E-state index contributed by atoms with van der Waals surface area (Å²) < 4.78 is 7.48. The van der Waals surface area contributed by atoms with E-state index in [1.54, 1.807) is 0 Å². The molecule has 2 aliphatic rings. The van der Waals surface area contributed by atoms with Crippen LogP contribution in [0.2, 0.25) is 0 Å². The molecule has 16 heavy (non-hydrogen) atoms. The Kier molecular flexibility index (Phi) is 2.65. The molecule has 5 heteroatoms. The number of ether oxygens (including phenoxy) is 1. The van der Waals surface area contributed by atoms with Crippen molar-refractivity contribution in [3.63, 3.8) is 0 Å². The Morgan fingerprint density at radius 1 is 1.31 bits per heavy atom. The molecule has 2 atom stereocenters. The number of aryl methyl sites for hydroxylation is 1. The molecule has 2 unspecified atom stereocenters. The summed E-state index contributed by atoms with van der Waals surface area (Å²) in [5.41, 5.74) is 0. The van der Waals surface area contributed by atoms with E-state index >= 15 is 0 Å². The van der Waals surface area contributed by atoms with Crippen molar-refractivity contribution in [3.8, 4) is 0 Å². The smallest absolute Gasteiger partial charge is 0.137 e. The van der Waals surface area contributed by atoms with Crippen molar-refractivity contribution in [2.75, 3.05) is 6.61 Å². The number of nitrogens with zero attached hydrogens (tertiary/aromatic N) is 3. The number of hydrogen-bond acceptors (Lipinski definition) is 4. The number of rotatable bonds is 2. The zero-order chi connectivity index (χ0) is 11.0. The minimum Gasteiger partial charge on any atom is -0.378 e. The Hall–Kier alpha value is -0.940. The lowest BCUT2D eigenvalue weighted by atomic mass is 10.1. The maximum absolute atomic E-state index is 9.95. The maximum atomic E-state index is 9.95. The van der Waals surface area contributed by atoms with E-state index in [1.807, 2.05) is 4.57 Å². The first-order valence-electron chi connectivity index (χ1n) is 6.07. The largest absolute Gasteiger partial charge is 0.378 e. The Morgan fingerprint density at radius 3 is 3.06 bits per heavy atom. The third-order valence-electron chi connectivity index (χ3n) is 3.43. The topological polar surface area (TPSA) is 60.2 Å². The van der Waals surface area contributed by atoms with Crippen LogP contribution in [0.25, 0.3) is 0 Å². The standard InChI is InChI=1S/C11H17N3O2/c15-11-5-1-4-9-12-13-10(14(9)11)7-8-3-2-6-16-8/h8,11,15H,1-7H2. The van der Waals surface area contributed by atoms with Gasteiger partial charge in [0.25, 0.3) is 0 Å². The van der Waals surface area contributed by atoms with Crippen molar-refractivity contribution in [1.82, 2.24) is 14.8 Å². The van der Waals surface area contributed by atoms with E-state index in [1.165, 1.54) is 0 Å². The molecular formula is C11H17N3O2. The predicted octanol–water partition coefficient (Wildman–Crippen LogP) is 0.827. The Morgan fingerprint density at radius 2 is 2.25 bits per heavy atom. The van der Waals surface area contributed by atoms with E-state index in [2.05, 4.69) is 10.2 Å². The van der Waals surface area contributed by atoms with Gasteiger partial charge in [-0.2, -0.15) is 0 Å². The molecule has 5 nitrogen and oxygen atoms in total. The fourth-order valence-corrected chi connectivity index (χ4v) is 2.60. The lowest BCUT2D eigenvalue weighted by molar-refractivity contribution is 0.0685. The van der Waals surface area contributed by atoms with Gasteiger partial charge in [-0.1, -0.05) is 0 Å². The molecule has 0 aliphatic carbocycles. The highest BCUT2D eigenvalue weighted by Gasteiger charge is 2.25. The predicted molar refractivity (Wildman–Crippen MR) is 56.9 cm³/mol. The van der Waals surface area contributed by atoms with Gasteiger partial charge in [0.2, 0.25) is 0 Å². The number of aliphatic hydroxyl groups is 1. The van der Waals surface area contributed by atoms with E-state index in [-0.39, 0.29) is 6.10 Å². The van der Waals surface area contributed by atoms with Gasteiger partial charge in [-0.3, -0.25) is 4.57 Å². The summed E-state index contributed by atoms with van der Waals surface area (Å²) in [7, 11) is 0. The molecule has 3 heterocycles. The van der Waals surface area contributed by atoms with Crippen LogP contribution < -0.4 is 0 Å². The number of hydrogen-bond donors (Lipinski definition) is 1. The zero-order valence-corrected chi connectivity index (χ0v) is 9.30. The molecule has 0 spiro atoms. The molecule has 1 aromatic rings. The van der Waals surface area contributed by atoms with Gasteiger partial charge in [0, 0.05) is 19.4 Å². The van der Waals surface area contributed by atoms with Gasteiger partial charge in [0.15, 0.2) is 0 Å². The molecule has 1 fully saturated rings. The second-order valence-electron chi connectivity index (χ2n) is 4.61. The summed E-state index contributed by atoms with van der Waals surface area (Å²) in [5, 5.41) is 18.3. The van der Waals surface area contributed by atoms with E-state index in [4.69, 9.17) is 4.74 Å². The van der Waals surface area contributed by atoms with Crippen LogP contribution in [-0.2, 0) is 17.6 Å². The summed E-state index contributed by atoms with van der Waals surface area (Å²) in [4.78, 5) is 0. The molecule has 0 amide bonds. The summed E-state index contributed by atoms with van der Waals surface area (Å²) in [5.74, 6) is 1.81. The lowest BCUT2D eigenvalue weighted by Gasteiger charge is -2.22. The van der Waals surface area contributed by atoms with Crippen molar-refractivity contribution >= 4 is 0 Å². The first kappa shape index (κ1) is 10.2. The average molecular weight is 223 g/mol. The molecule has 0 saturated carbocycles. The highest BCUT2D eigenvalue weighted by Crippen LogP contribution is 2.25. The molecule has 1 N–H and O–H groups in total. The molecule has 0 radical (unpaired) electrons. The Balaban J connectivity index is 1.81. The quantitative estimate of drug-likeness (QED) is 0.806. The minimum atomic E-state index is -0.435. The first-order chi connectivity index (χ1) is 7.84. The van der Waals surface area contributed by atoms with Crippen molar-refractivity contribution in [2.45, 2.75) is 50.9 Å². The van der Waals surface area contributed by atoms with Crippen LogP contribution in [0.15, 0.2) is 0 Å². The first-order valence-corrected chi connectivity index (χ1v) is 6.07. The van der Waals surface area contributed by atoms with Gasteiger partial charge in [-0.15, -0.1) is 10.2 Å². The van der Waals surface area contributed by atoms with Crippen molar-refractivity contribution < 1.29 is 9.84 Å². The molecular weight excluding hydrogens is 206 g/mol. The van der Waals surface area contributed by atoms with Crippen LogP contribution in [0.1, 0.15) is 43.6 Å². The van der Waals surface area contributed by atoms with Gasteiger partial charge in [-0.05, 0) is 25.7 Å². The third-order valence-corrected chi connectivity index (χ3v) is 3.43. The van der Waals surface area contributed by atoms with Crippen LogP contribution in [0, 0.1) is 0 Å². The summed E-state index contributed by atoms with van der Waals surface area (Å²) in [6.45, 7) is 0.855. The van der Waals surface area contributed by atoms with Crippen molar-refractivity contribution in [2.24, 2.45) is 0 Å². The Bertz CT molecular complexity index is 371. The van der Waals surface area contributed by atoms with Gasteiger partial charge in [0.05, 0.1) is 6.10 Å². The SMILES string of the molecule is OC1CCCc2nnc(CC3CCCO3)n21. The van der Waals surface area contributed by atoms with E-state index < -0.39 is 6.23 Å². The van der Waals surface area contributed by atoms with Gasteiger partial charge >= 0.3 is 0 Å². The maximum Gasteiger partial charge on any atom is 0.137 e. The fourth-order valence-electron chi connectivity index (χ4n) is 2.60. The molecule has 88 valence electrons. The summed E-state index contributed by atoms with van der Waals surface area (Å²) in [6, 6.07) is 0. The van der Waals surface area contributed by atoms with Gasteiger partial charge < -0.3 is 9.84 Å². The summed E-state index contributed by atoms with van der Waals surface area (Å²) in [6.07, 6.45) is 5.58. The van der Waals surface area contributed by atoms with Gasteiger partial charge in [0.1, 0.15) is 17.9 Å². The second kappa shape index (κ2) is 4.14. The number of aliphatic hydroxyl groups excluding tert-OH is 1. The van der Waals surface area contributed by atoms with E-state index in [9.17, 15) is 5.11 Å². The number of aromatic nitrogens is 3. The second-order valence-corrected chi connectivity index (χ2v) is 4.61. The fraction of sp³-hybridized carbons (Fsp3) is 0.818. The average Bonchev–Trinajstić information content (AvgIpc) is 2.90. The molecule has 3 rings (SSSR count). The summed E-state index contributed by atoms with van der Waals surface area (Å²) >= 11 is 0. The van der Waals surface area contributed by atoms with Crippen LogP contribution >= 0.6 is 0 Å². The minimum absolute atomic E-state index is 0.266. The van der Waals surface area contributed by atoms with E-state index in [0.29, 0.717) is 0 Å². The highest BCUT2D eigenvalue weighted by atomic mass is 16.5. The van der Waals surface area contributed by atoms with Gasteiger partial charge in [-0.25, -0.2) is 0 Å². The lowest BCUT2D eigenvalue weighted by Crippen LogP contribution is -2.22. The molecule has 2 aliphatic heterocycles. The van der Waals surface area contributed by atoms with Crippen LogP contribution in [0.5, 0.6) is 0 Å². The van der Waals surface area contributed by atoms with Crippen LogP contribution in [0.3, 0.4) is 0 Å². The van der Waals surface area contributed by atoms with Crippen LogP contribution in [0.4, 0.5) is 0 Å². The molecule has 0 bridgehead atoms. The molecule has 0 aromatic carbocycles. The molecule has 1 saturated heterocycles. The highest BCUT2D eigenvalue weighted by molar-refractivity contribution is 5.02. The molecule has 1 aromatic heterocycles.